The zero-order valence-electron chi connectivity index (χ0n) is 10.7. The van der Waals surface area contributed by atoms with E-state index >= 15 is 0 Å². The van der Waals surface area contributed by atoms with Crippen LogP contribution in [0.4, 0.5) is 13.2 Å². The van der Waals surface area contributed by atoms with Gasteiger partial charge in [0.25, 0.3) is 0 Å². The third-order valence-electron chi connectivity index (χ3n) is 3.64. The van der Waals surface area contributed by atoms with Gasteiger partial charge in [0.1, 0.15) is 0 Å². The molecule has 1 heterocycles. The van der Waals surface area contributed by atoms with Crippen LogP contribution in [0, 0.1) is 0 Å². The molecule has 1 amide bonds. The minimum atomic E-state index is -5.07. The van der Waals surface area contributed by atoms with Crippen LogP contribution in [-0.4, -0.2) is 40.8 Å². The number of aliphatic carboxylic acids is 1. The molecule has 19 heavy (non-hydrogen) atoms. The van der Waals surface area contributed by atoms with Gasteiger partial charge in [-0.05, 0) is 32.7 Å². The van der Waals surface area contributed by atoms with E-state index in [4.69, 9.17) is 5.11 Å². The van der Waals surface area contributed by atoms with Gasteiger partial charge in [0.05, 0.1) is 5.54 Å². The Morgan fingerprint density at radius 1 is 1.42 bits per heavy atom. The second-order valence-electron chi connectivity index (χ2n) is 4.85. The van der Waals surface area contributed by atoms with E-state index in [0.717, 1.165) is 0 Å². The molecular formula is C11H17F3N2O3. The van der Waals surface area contributed by atoms with Crippen molar-refractivity contribution in [3.8, 4) is 0 Å². The summed E-state index contributed by atoms with van der Waals surface area (Å²) in [7, 11) is 0. The first kappa shape index (κ1) is 15.7. The van der Waals surface area contributed by atoms with E-state index in [0.29, 0.717) is 32.7 Å². The van der Waals surface area contributed by atoms with E-state index in [2.05, 4.69) is 5.32 Å². The fourth-order valence-electron chi connectivity index (χ4n) is 2.05. The lowest BCUT2D eigenvalue weighted by Crippen LogP contribution is -2.67. The molecule has 0 aromatic carbocycles. The molecule has 1 saturated heterocycles. The molecule has 0 spiro atoms. The molecule has 1 fully saturated rings. The van der Waals surface area contributed by atoms with E-state index in [1.54, 1.807) is 12.2 Å². The second kappa shape index (κ2) is 4.99. The summed E-state index contributed by atoms with van der Waals surface area (Å²) >= 11 is 0. The Kier molecular flexibility index (Phi) is 4.14. The summed E-state index contributed by atoms with van der Waals surface area (Å²) in [6.07, 6.45) is -3.71. The predicted molar refractivity (Wildman–Crippen MR) is 60.5 cm³/mol. The summed E-state index contributed by atoms with van der Waals surface area (Å²) in [6.45, 7) is 2.65. The Morgan fingerprint density at radius 3 is 2.32 bits per heavy atom. The third-order valence-corrected chi connectivity index (χ3v) is 3.64. The highest BCUT2D eigenvalue weighted by Gasteiger charge is 2.60. The number of alkyl halides is 3. The van der Waals surface area contributed by atoms with E-state index in [9.17, 15) is 22.8 Å². The first-order chi connectivity index (χ1) is 8.59. The highest BCUT2D eigenvalue weighted by molar-refractivity contribution is 5.92. The van der Waals surface area contributed by atoms with Crippen molar-refractivity contribution in [3.05, 3.63) is 0 Å². The molecule has 0 aromatic heterocycles. The fourth-order valence-corrected chi connectivity index (χ4v) is 2.05. The highest BCUT2D eigenvalue weighted by atomic mass is 19.4. The Hall–Kier alpha value is -1.31. The number of carboxylic acid groups (broad SMARTS) is 1. The standard InChI is InChI=1S/C11H17F3N2O3/c1-3-10(5-4-6-15-10)7(17)16-9(2,8(18)19)11(12,13)14/h15H,3-6H2,1-2H3,(H,16,17)(H,18,19). The van der Waals surface area contributed by atoms with Crippen molar-refractivity contribution >= 4 is 11.9 Å². The van der Waals surface area contributed by atoms with Crippen LogP contribution >= 0.6 is 0 Å². The summed E-state index contributed by atoms with van der Waals surface area (Å²) in [6, 6.07) is 0. The molecule has 3 N–H and O–H groups in total. The van der Waals surface area contributed by atoms with E-state index in [1.165, 1.54) is 0 Å². The molecule has 5 nitrogen and oxygen atoms in total. The molecule has 1 rings (SSSR count). The van der Waals surface area contributed by atoms with Gasteiger partial charge in [-0.1, -0.05) is 6.92 Å². The number of hydrogen-bond acceptors (Lipinski definition) is 3. The highest BCUT2D eigenvalue weighted by Crippen LogP contribution is 2.32. The molecule has 0 bridgehead atoms. The summed E-state index contributed by atoms with van der Waals surface area (Å²) in [4.78, 5) is 22.9. The zero-order valence-corrected chi connectivity index (χ0v) is 10.7. The van der Waals surface area contributed by atoms with Crippen molar-refractivity contribution in [2.45, 2.75) is 50.4 Å². The van der Waals surface area contributed by atoms with Gasteiger partial charge in [-0.3, -0.25) is 4.79 Å². The summed E-state index contributed by atoms with van der Waals surface area (Å²) in [5, 5.41) is 13.3. The van der Waals surface area contributed by atoms with Crippen molar-refractivity contribution in [1.29, 1.82) is 0 Å². The van der Waals surface area contributed by atoms with Crippen LogP contribution in [0.1, 0.15) is 33.1 Å². The first-order valence-corrected chi connectivity index (χ1v) is 5.97. The maximum atomic E-state index is 12.8. The fraction of sp³-hybridized carbons (Fsp3) is 0.818. The van der Waals surface area contributed by atoms with Gasteiger partial charge in [-0.15, -0.1) is 0 Å². The minimum absolute atomic E-state index is 0.298. The van der Waals surface area contributed by atoms with Crippen LogP contribution in [0.2, 0.25) is 0 Å². The largest absolute Gasteiger partial charge is 0.479 e. The van der Waals surface area contributed by atoms with Crippen LogP contribution in [0.15, 0.2) is 0 Å². The van der Waals surface area contributed by atoms with Gasteiger partial charge in [0.2, 0.25) is 11.4 Å². The van der Waals surface area contributed by atoms with Gasteiger partial charge in [0.15, 0.2) is 0 Å². The third kappa shape index (κ3) is 2.68. The number of rotatable bonds is 4. The average Bonchev–Trinajstić information content (AvgIpc) is 2.76. The van der Waals surface area contributed by atoms with E-state index < -0.39 is 29.1 Å². The maximum Gasteiger partial charge on any atom is 0.422 e. The van der Waals surface area contributed by atoms with Gasteiger partial charge in [0, 0.05) is 0 Å². The minimum Gasteiger partial charge on any atom is -0.479 e. The molecule has 1 aliphatic heterocycles. The van der Waals surface area contributed by atoms with Crippen LogP contribution in [0.25, 0.3) is 0 Å². The first-order valence-electron chi connectivity index (χ1n) is 5.97. The number of amides is 1. The molecule has 110 valence electrons. The average molecular weight is 282 g/mol. The molecule has 8 heteroatoms. The topological polar surface area (TPSA) is 78.4 Å². The number of halogens is 3. The Bertz CT molecular complexity index is 378. The Labute approximate surface area is 108 Å². The number of carbonyl (C=O) groups is 2. The SMILES string of the molecule is CCC1(C(=O)NC(C)(C(=O)O)C(F)(F)F)CCCN1. The predicted octanol–water partition coefficient (Wildman–Crippen LogP) is 1.04. The lowest BCUT2D eigenvalue weighted by atomic mass is 9.91. The quantitative estimate of drug-likeness (QED) is 0.720. The Morgan fingerprint density at radius 2 is 2.00 bits per heavy atom. The number of carboxylic acids is 1. The van der Waals surface area contributed by atoms with Crippen molar-refractivity contribution < 1.29 is 27.9 Å². The summed E-state index contributed by atoms with van der Waals surface area (Å²) in [5.74, 6) is -3.05. The second-order valence-corrected chi connectivity index (χ2v) is 4.85. The molecule has 1 aliphatic rings. The van der Waals surface area contributed by atoms with Crippen molar-refractivity contribution in [1.82, 2.24) is 10.6 Å². The van der Waals surface area contributed by atoms with Gasteiger partial charge in [-0.2, -0.15) is 13.2 Å². The van der Waals surface area contributed by atoms with Gasteiger partial charge in [-0.25, -0.2) is 4.79 Å². The zero-order chi connectivity index (χ0) is 14.9. The van der Waals surface area contributed by atoms with Crippen molar-refractivity contribution in [2.75, 3.05) is 6.54 Å². The Balaban J connectivity index is 2.98. The number of carbonyl (C=O) groups excluding carboxylic acids is 1. The molecule has 0 saturated carbocycles. The van der Waals surface area contributed by atoms with Gasteiger partial charge < -0.3 is 15.7 Å². The normalized spacial score (nSPS) is 26.8. The molecule has 0 aliphatic carbocycles. The number of hydrogen-bond donors (Lipinski definition) is 3. The van der Waals surface area contributed by atoms with Gasteiger partial charge >= 0.3 is 12.1 Å². The number of nitrogens with one attached hydrogen (secondary N) is 2. The van der Waals surface area contributed by atoms with E-state index in [-0.39, 0.29) is 0 Å². The molecule has 0 radical (unpaired) electrons. The summed E-state index contributed by atoms with van der Waals surface area (Å²) < 4.78 is 38.4. The van der Waals surface area contributed by atoms with Crippen molar-refractivity contribution in [3.63, 3.8) is 0 Å². The molecular weight excluding hydrogens is 265 g/mol. The molecule has 0 aromatic rings. The van der Waals surface area contributed by atoms with Crippen LogP contribution in [0.3, 0.4) is 0 Å². The molecule has 2 unspecified atom stereocenters. The van der Waals surface area contributed by atoms with Crippen LogP contribution < -0.4 is 10.6 Å². The van der Waals surface area contributed by atoms with Crippen LogP contribution in [-0.2, 0) is 9.59 Å². The lowest BCUT2D eigenvalue weighted by molar-refractivity contribution is -0.207. The summed E-state index contributed by atoms with van der Waals surface area (Å²) in [5.41, 5.74) is -4.39. The van der Waals surface area contributed by atoms with Crippen LogP contribution in [0.5, 0.6) is 0 Å². The monoisotopic (exact) mass is 282 g/mol. The van der Waals surface area contributed by atoms with E-state index in [1.807, 2.05) is 0 Å². The smallest absolute Gasteiger partial charge is 0.422 e. The molecule has 2 atom stereocenters. The maximum absolute atomic E-state index is 12.8. The lowest BCUT2D eigenvalue weighted by Gasteiger charge is -2.34. The van der Waals surface area contributed by atoms with Crippen molar-refractivity contribution in [2.24, 2.45) is 0 Å².